The molecule has 0 aromatic carbocycles. The maximum atomic E-state index is 12.3. The summed E-state index contributed by atoms with van der Waals surface area (Å²) in [6.45, 7) is 1.74. The molecule has 0 aliphatic carbocycles. The van der Waals surface area contributed by atoms with E-state index < -0.39 is 21.2 Å². The molecule has 1 fully saturated rings. The molecular formula is C15H17N3O6S. The predicted molar refractivity (Wildman–Crippen MR) is 88.8 cm³/mol. The van der Waals surface area contributed by atoms with Crippen LogP contribution in [0.2, 0.25) is 0 Å². The fourth-order valence-electron chi connectivity index (χ4n) is 2.70. The van der Waals surface area contributed by atoms with Crippen LogP contribution < -0.4 is 15.5 Å². The molecule has 25 heavy (non-hydrogen) atoms. The van der Waals surface area contributed by atoms with Crippen LogP contribution in [0.15, 0.2) is 27.6 Å². The van der Waals surface area contributed by atoms with Gasteiger partial charge in [-0.25, -0.2) is 13.1 Å². The molecule has 1 saturated heterocycles. The summed E-state index contributed by atoms with van der Waals surface area (Å²) < 4.78 is 34.8. The molecular weight excluding hydrogens is 350 g/mol. The highest BCUT2D eigenvalue weighted by molar-refractivity contribution is 7.91. The van der Waals surface area contributed by atoms with Gasteiger partial charge in [0.1, 0.15) is 12.1 Å². The lowest BCUT2D eigenvalue weighted by atomic mass is 10.3. The Kier molecular flexibility index (Phi) is 4.38. The number of nitrogens with one attached hydrogen (secondary N) is 1. The largest absolute Gasteiger partial charge is 0.490 e. The molecule has 2 aromatic rings. The number of carbonyl (C=O) groups excluding carboxylic acids is 1. The van der Waals surface area contributed by atoms with E-state index in [0.29, 0.717) is 17.9 Å². The van der Waals surface area contributed by atoms with Gasteiger partial charge in [-0.2, -0.15) is 5.10 Å². The van der Waals surface area contributed by atoms with Crippen LogP contribution in [0.4, 0.5) is 5.82 Å². The number of methoxy groups -OCH3 is 1. The van der Waals surface area contributed by atoms with Crippen molar-refractivity contribution in [3.63, 3.8) is 0 Å². The fraction of sp³-hybridized carbons (Fsp3) is 0.400. The Morgan fingerprint density at radius 1 is 1.44 bits per heavy atom. The Morgan fingerprint density at radius 2 is 2.20 bits per heavy atom. The van der Waals surface area contributed by atoms with Gasteiger partial charge in [0.05, 0.1) is 30.4 Å². The number of hydrogen-bond acceptors (Lipinski definition) is 7. The monoisotopic (exact) mass is 367 g/mol. The number of aromatic nitrogens is 2. The number of hydrogen-bond donors (Lipinski definition) is 1. The zero-order valence-corrected chi connectivity index (χ0v) is 14.5. The molecule has 0 spiro atoms. The SMILES string of the molecule is COc1coc(C(=O)Nc2cc(C)nn2C2CCS(=O)(=O)C2)cc1=O. The second-order valence-corrected chi connectivity index (χ2v) is 8.03. The second kappa shape index (κ2) is 6.36. The summed E-state index contributed by atoms with van der Waals surface area (Å²) in [5.41, 5.74) is 0.154. The van der Waals surface area contributed by atoms with Crippen LogP contribution in [-0.4, -0.2) is 42.7 Å². The molecule has 0 bridgehead atoms. The summed E-state index contributed by atoms with van der Waals surface area (Å²) in [5.74, 6) is -0.403. The van der Waals surface area contributed by atoms with E-state index in [2.05, 4.69) is 10.4 Å². The van der Waals surface area contributed by atoms with E-state index in [9.17, 15) is 18.0 Å². The standard InChI is InChI=1S/C15H17N3O6S/c1-9-5-14(18(17-9)10-3-4-25(21,22)8-10)16-15(20)12-6-11(19)13(23-2)7-24-12/h5-7,10H,3-4,8H2,1-2H3,(H,16,20). The maximum Gasteiger partial charge on any atom is 0.292 e. The summed E-state index contributed by atoms with van der Waals surface area (Å²) in [6, 6.07) is 2.32. The molecule has 1 aliphatic rings. The molecule has 0 radical (unpaired) electrons. The molecule has 10 heteroatoms. The lowest BCUT2D eigenvalue weighted by molar-refractivity contribution is 0.0992. The van der Waals surface area contributed by atoms with Gasteiger partial charge in [-0.05, 0) is 13.3 Å². The molecule has 3 rings (SSSR count). The van der Waals surface area contributed by atoms with Crippen LogP contribution in [0, 0.1) is 6.92 Å². The van der Waals surface area contributed by atoms with Crippen LogP contribution in [0.3, 0.4) is 0 Å². The molecule has 9 nitrogen and oxygen atoms in total. The van der Waals surface area contributed by atoms with E-state index in [1.807, 2.05) is 0 Å². The molecule has 1 amide bonds. The van der Waals surface area contributed by atoms with E-state index in [1.54, 1.807) is 13.0 Å². The van der Waals surface area contributed by atoms with Crippen LogP contribution in [0.25, 0.3) is 0 Å². The van der Waals surface area contributed by atoms with Crippen LogP contribution in [0.5, 0.6) is 5.75 Å². The van der Waals surface area contributed by atoms with E-state index in [-0.39, 0.29) is 29.1 Å². The number of aryl methyl sites for hydroxylation is 1. The van der Waals surface area contributed by atoms with Crippen LogP contribution in [0.1, 0.15) is 28.7 Å². The van der Waals surface area contributed by atoms with Crippen molar-refractivity contribution in [3.8, 4) is 5.75 Å². The fourth-order valence-corrected chi connectivity index (χ4v) is 4.39. The van der Waals surface area contributed by atoms with Crippen molar-refractivity contribution < 1.29 is 22.4 Å². The van der Waals surface area contributed by atoms with Crippen molar-refractivity contribution in [2.24, 2.45) is 0 Å². The number of rotatable bonds is 4. The van der Waals surface area contributed by atoms with Crippen molar-refractivity contribution in [2.45, 2.75) is 19.4 Å². The normalized spacial score (nSPS) is 18.9. The highest BCUT2D eigenvalue weighted by atomic mass is 32.2. The number of sulfone groups is 1. The van der Waals surface area contributed by atoms with E-state index in [1.165, 1.54) is 11.8 Å². The lowest BCUT2D eigenvalue weighted by Crippen LogP contribution is -2.20. The van der Waals surface area contributed by atoms with Crippen molar-refractivity contribution in [2.75, 3.05) is 23.9 Å². The Hall–Kier alpha value is -2.62. The van der Waals surface area contributed by atoms with Gasteiger partial charge >= 0.3 is 0 Å². The summed E-state index contributed by atoms with van der Waals surface area (Å²) in [6.07, 6.45) is 1.49. The second-order valence-electron chi connectivity index (χ2n) is 5.80. The first kappa shape index (κ1) is 17.2. The lowest BCUT2D eigenvalue weighted by Gasteiger charge is -2.13. The Balaban J connectivity index is 1.85. The summed E-state index contributed by atoms with van der Waals surface area (Å²) >= 11 is 0. The first-order valence-electron chi connectivity index (χ1n) is 7.54. The van der Waals surface area contributed by atoms with E-state index in [4.69, 9.17) is 9.15 Å². The van der Waals surface area contributed by atoms with Crippen LogP contribution in [-0.2, 0) is 9.84 Å². The third kappa shape index (κ3) is 3.58. The molecule has 1 aliphatic heterocycles. The predicted octanol–water partition coefficient (Wildman–Crippen LogP) is 0.765. The zero-order chi connectivity index (χ0) is 18.2. The summed E-state index contributed by atoms with van der Waals surface area (Å²) in [5, 5.41) is 6.88. The molecule has 1 N–H and O–H groups in total. The van der Waals surface area contributed by atoms with E-state index >= 15 is 0 Å². The van der Waals surface area contributed by atoms with Gasteiger partial charge in [0.25, 0.3) is 5.91 Å². The number of nitrogens with zero attached hydrogens (tertiary/aromatic N) is 2. The maximum absolute atomic E-state index is 12.3. The van der Waals surface area contributed by atoms with Gasteiger partial charge < -0.3 is 14.5 Å². The molecule has 1 unspecified atom stereocenters. The topological polar surface area (TPSA) is 120 Å². The highest BCUT2D eigenvalue weighted by Gasteiger charge is 2.31. The highest BCUT2D eigenvalue weighted by Crippen LogP contribution is 2.27. The van der Waals surface area contributed by atoms with Gasteiger partial charge in [-0.3, -0.25) is 9.59 Å². The minimum absolute atomic E-state index is 0.00593. The first-order valence-corrected chi connectivity index (χ1v) is 9.36. The minimum Gasteiger partial charge on any atom is -0.490 e. The van der Waals surface area contributed by atoms with Gasteiger partial charge in [0.15, 0.2) is 15.6 Å². The van der Waals surface area contributed by atoms with Gasteiger partial charge in [-0.15, -0.1) is 0 Å². The number of anilines is 1. The average molecular weight is 367 g/mol. The molecule has 3 heterocycles. The summed E-state index contributed by atoms with van der Waals surface area (Å²) in [4.78, 5) is 24.1. The van der Waals surface area contributed by atoms with Crippen molar-refractivity contribution >= 4 is 21.6 Å². The number of carbonyl (C=O) groups is 1. The zero-order valence-electron chi connectivity index (χ0n) is 13.7. The Bertz CT molecular complexity index is 975. The molecule has 134 valence electrons. The van der Waals surface area contributed by atoms with Gasteiger partial charge in [-0.1, -0.05) is 0 Å². The molecule has 1 atom stereocenters. The molecule has 2 aromatic heterocycles. The average Bonchev–Trinajstić information content (AvgIpc) is 3.09. The Labute approximate surface area is 143 Å². The van der Waals surface area contributed by atoms with Crippen LogP contribution >= 0.6 is 0 Å². The summed E-state index contributed by atoms with van der Waals surface area (Å²) in [7, 11) is -1.77. The van der Waals surface area contributed by atoms with Crippen molar-refractivity contribution in [1.82, 2.24) is 9.78 Å². The van der Waals surface area contributed by atoms with Crippen molar-refractivity contribution in [3.05, 3.63) is 40.1 Å². The molecule has 0 saturated carbocycles. The van der Waals surface area contributed by atoms with Gasteiger partial charge in [0.2, 0.25) is 11.2 Å². The van der Waals surface area contributed by atoms with Crippen molar-refractivity contribution in [1.29, 1.82) is 0 Å². The minimum atomic E-state index is -3.09. The smallest absolute Gasteiger partial charge is 0.292 e. The number of ether oxygens (including phenoxy) is 1. The van der Waals surface area contributed by atoms with E-state index in [0.717, 1.165) is 12.3 Å². The quantitative estimate of drug-likeness (QED) is 0.847. The first-order chi connectivity index (χ1) is 11.8. The van der Waals surface area contributed by atoms with Gasteiger partial charge in [0, 0.05) is 12.1 Å². The Morgan fingerprint density at radius 3 is 2.80 bits per heavy atom. The third-order valence-corrected chi connectivity index (χ3v) is 5.65. The third-order valence-electron chi connectivity index (χ3n) is 3.90. The number of amides is 1.